The van der Waals surface area contributed by atoms with E-state index in [4.69, 9.17) is 4.74 Å². The molecule has 0 aromatic carbocycles. The molecule has 0 radical (unpaired) electrons. The van der Waals surface area contributed by atoms with Crippen LogP contribution >= 0.6 is 0 Å². The van der Waals surface area contributed by atoms with E-state index in [-0.39, 0.29) is 18.3 Å². The van der Waals surface area contributed by atoms with Gasteiger partial charge in [-0.1, -0.05) is 25.8 Å². The molecule has 6 heteroatoms. The van der Waals surface area contributed by atoms with Gasteiger partial charge in [-0.05, 0) is 36.6 Å². The summed E-state index contributed by atoms with van der Waals surface area (Å²) in [5, 5.41) is 2.66. The lowest BCUT2D eigenvalue weighted by Gasteiger charge is -2.06. The van der Waals surface area contributed by atoms with Crippen LogP contribution in [0.25, 0.3) is 0 Å². The van der Waals surface area contributed by atoms with Crippen LogP contribution < -0.4 is 5.32 Å². The summed E-state index contributed by atoms with van der Waals surface area (Å²) < 4.78 is 18.2. The minimum Gasteiger partial charge on any atom is -0.447 e. The van der Waals surface area contributed by atoms with Gasteiger partial charge in [-0.2, -0.15) is 0 Å². The molecule has 0 aliphatic carbocycles. The predicted octanol–water partition coefficient (Wildman–Crippen LogP) is 4.01. The molecule has 1 atom stereocenters. The lowest BCUT2D eigenvalue weighted by molar-refractivity contribution is 0.177. The first-order valence-electron chi connectivity index (χ1n) is 8.22. The number of alkyl carbamates (subject to hydrolysis) is 1. The number of carbonyl (C=O) groups excluding carboxylic acids is 1. The Labute approximate surface area is 153 Å². The molecule has 136 valence electrons. The van der Waals surface area contributed by atoms with E-state index >= 15 is 0 Å². The van der Waals surface area contributed by atoms with Gasteiger partial charge in [0.2, 0.25) is 0 Å². The number of rotatable bonds is 1. The number of pyridine rings is 2. The number of allylic oxidation sites excluding steroid dienone is 1. The highest BCUT2D eigenvalue weighted by Crippen LogP contribution is 2.17. The fourth-order valence-electron chi connectivity index (χ4n) is 1.89. The van der Waals surface area contributed by atoms with Gasteiger partial charge in [-0.3, -0.25) is 4.98 Å². The summed E-state index contributed by atoms with van der Waals surface area (Å²) in [7, 11) is 0. The van der Waals surface area contributed by atoms with Crippen molar-refractivity contribution in [3.8, 4) is 11.8 Å². The normalized spacial score (nSPS) is 14.2. The molecule has 1 aliphatic rings. The molecule has 5 nitrogen and oxygen atoms in total. The number of aromatic nitrogens is 2. The number of nitrogens with zero attached hydrogens (tertiary/aromatic N) is 2. The first kappa shape index (κ1) is 20.8. The molecule has 1 N–H and O–H groups in total. The van der Waals surface area contributed by atoms with Crippen molar-refractivity contribution in [2.24, 2.45) is 0 Å². The average Bonchev–Trinajstić information content (AvgIpc) is 3.10. The number of cyclic esters (lactones) is 1. The smallest absolute Gasteiger partial charge is 0.407 e. The standard InChI is InChI=1S/C15H10FN3O2.C3H6.C2H6/c16-12-2-1-5-18-13(12)4-3-10-6-11(8-17-7-10)14-9-21-15(20)19-14;1-3-2;1-2/h1-2,5-8,14H,9H2,(H,19,20);3H,1H2,2H3;1-2H3/t14-;;/m0../s1. The Morgan fingerprint density at radius 2 is 2.12 bits per heavy atom. The highest BCUT2D eigenvalue weighted by Gasteiger charge is 2.23. The summed E-state index contributed by atoms with van der Waals surface area (Å²) in [5.41, 5.74) is 1.48. The van der Waals surface area contributed by atoms with Crippen molar-refractivity contribution in [1.29, 1.82) is 0 Å². The monoisotopic (exact) mass is 355 g/mol. The van der Waals surface area contributed by atoms with E-state index in [0.717, 1.165) is 5.56 Å². The van der Waals surface area contributed by atoms with Crippen molar-refractivity contribution in [2.45, 2.75) is 26.8 Å². The first-order chi connectivity index (χ1) is 12.6. The third-order valence-electron chi connectivity index (χ3n) is 2.92. The summed E-state index contributed by atoms with van der Waals surface area (Å²) in [6.45, 7) is 9.51. The van der Waals surface area contributed by atoms with Gasteiger partial charge in [0.25, 0.3) is 0 Å². The zero-order chi connectivity index (χ0) is 19.4. The first-order valence-corrected chi connectivity index (χ1v) is 8.22. The van der Waals surface area contributed by atoms with Gasteiger partial charge >= 0.3 is 6.09 Å². The molecule has 26 heavy (non-hydrogen) atoms. The molecule has 1 aliphatic heterocycles. The number of halogens is 1. The second-order valence-corrected chi connectivity index (χ2v) is 4.79. The molecule has 2 aromatic heterocycles. The van der Waals surface area contributed by atoms with Gasteiger partial charge in [-0.25, -0.2) is 14.2 Å². The molecule has 0 spiro atoms. The van der Waals surface area contributed by atoms with Crippen LogP contribution in [-0.2, 0) is 4.74 Å². The maximum Gasteiger partial charge on any atom is 0.407 e. The number of amides is 1. The fourth-order valence-corrected chi connectivity index (χ4v) is 1.89. The molecule has 0 saturated carbocycles. The minimum atomic E-state index is -0.467. The SMILES string of the molecule is C=CC.CC.O=C1N[C@H](c2cncc(C#Cc3ncccc3F)c2)CO1. The molecule has 0 bridgehead atoms. The van der Waals surface area contributed by atoms with E-state index in [1.165, 1.54) is 18.3 Å². The van der Waals surface area contributed by atoms with Crippen molar-refractivity contribution >= 4 is 6.09 Å². The van der Waals surface area contributed by atoms with E-state index < -0.39 is 11.9 Å². The Balaban J connectivity index is 0.000000615. The number of nitrogens with one attached hydrogen (secondary N) is 1. The van der Waals surface area contributed by atoms with Gasteiger partial charge in [0.1, 0.15) is 12.3 Å². The Morgan fingerprint density at radius 1 is 1.38 bits per heavy atom. The van der Waals surface area contributed by atoms with E-state index in [0.29, 0.717) is 5.56 Å². The fraction of sp³-hybridized carbons (Fsp3) is 0.250. The minimum absolute atomic E-state index is 0.0837. The van der Waals surface area contributed by atoms with Crippen LogP contribution in [0.1, 0.15) is 43.6 Å². The van der Waals surface area contributed by atoms with E-state index in [2.05, 4.69) is 33.7 Å². The van der Waals surface area contributed by atoms with Crippen LogP contribution in [0.15, 0.2) is 49.4 Å². The van der Waals surface area contributed by atoms with Crippen LogP contribution in [-0.4, -0.2) is 22.7 Å². The maximum atomic E-state index is 13.4. The van der Waals surface area contributed by atoms with Crippen LogP contribution in [0.3, 0.4) is 0 Å². The molecule has 0 unspecified atom stereocenters. The Kier molecular flexibility index (Phi) is 9.12. The lowest BCUT2D eigenvalue weighted by Crippen LogP contribution is -2.18. The molecule has 2 aromatic rings. The van der Waals surface area contributed by atoms with Crippen LogP contribution in [0.2, 0.25) is 0 Å². The predicted molar refractivity (Wildman–Crippen MR) is 98.9 cm³/mol. The summed E-state index contributed by atoms with van der Waals surface area (Å²) >= 11 is 0. The van der Waals surface area contributed by atoms with Gasteiger partial charge in [-0.15, -0.1) is 6.58 Å². The summed E-state index contributed by atoms with van der Waals surface area (Å²) in [6, 6.07) is 4.35. The molecular formula is C20H22FN3O2. The Morgan fingerprint density at radius 3 is 2.73 bits per heavy atom. The molecule has 1 saturated heterocycles. The average molecular weight is 355 g/mol. The third kappa shape index (κ3) is 6.36. The topological polar surface area (TPSA) is 64.1 Å². The van der Waals surface area contributed by atoms with E-state index in [1.807, 2.05) is 20.8 Å². The molecular weight excluding hydrogens is 333 g/mol. The van der Waals surface area contributed by atoms with E-state index in [1.54, 1.807) is 24.5 Å². The summed E-state index contributed by atoms with van der Waals surface area (Å²) in [5.74, 6) is 5.00. The van der Waals surface area contributed by atoms with Crippen molar-refractivity contribution in [3.63, 3.8) is 0 Å². The number of hydrogen-bond acceptors (Lipinski definition) is 4. The lowest BCUT2D eigenvalue weighted by atomic mass is 10.1. The van der Waals surface area contributed by atoms with Crippen LogP contribution in [0.4, 0.5) is 9.18 Å². The zero-order valence-corrected chi connectivity index (χ0v) is 15.1. The Hall–Kier alpha value is -3.20. The number of ether oxygens (including phenoxy) is 1. The highest BCUT2D eigenvalue weighted by atomic mass is 19.1. The largest absolute Gasteiger partial charge is 0.447 e. The van der Waals surface area contributed by atoms with E-state index in [9.17, 15) is 9.18 Å². The molecule has 1 amide bonds. The molecule has 1 fully saturated rings. The number of carbonyl (C=O) groups is 1. The highest BCUT2D eigenvalue weighted by molar-refractivity contribution is 5.70. The maximum absolute atomic E-state index is 13.4. The summed E-state index contributed by atoms with van der Waals surface area (Å²) in [6.07, 6.45) is 5.97. The van der Waals surface area contributed by atoms with Gasteiger partial charge in [0.15, 0.2) is 5.82 Å². The third-order valence-corrected chi connectivity index (χ3v) is 2.92. The van der Waals surface area contributed by atoms with Crippen molar-refractivity contribution < 1.29 is 13.9 Å². The van der Waals surface area contributed by atoms with Crippen LogP contribution in [0.5, 0.6) is 0 Å². The molecule has 3 rings (SSSR count). The molecule has 3 heterocycles. The number of hydrogen-bond donors (Lipinski definition) is 1. The second-order valence-electron chi connectivity index (χ2n) is 4.79. The van der Waals surface area contributed by atoms with Crippen molar-refractivity contribution in [3.05, 3.63) is 72.1 Å². The van der Waals surface area contributed by atoms with Gasteiger partial charge in [0, 0.05) is 24.2 Å². The Bertz CT molecular complexity index is 797. The van der Waals surface area contributed by atoms with Gasteiger partial charge < -0.3 is 10.1 Å². The van der Waals surface area contributed by atoms with Crippen molar-refractivity contribution in [2.75, 3.05) is 6.61 Å². The van der Waals surface area contributed by atoms with Crippen LogP contribution in [0, 0.1) is 17.7 Å². The summed E-state index contributed by atoms with van der Waals surface area (Å²) in [4.78, 5) is 19.0. The zero-order valence-electron chi connectivity index (χ0n) is 15.1. The second kappa shape index (κ2) is 11.4. The van der Waals surface area contributed by atoms with Crippen molar-refractivity contribution in [1.82, 2.24) is 15.3 Å². The quantitative estimate of drug-likeness (QED) is 0.620. The van der Waals surface area contributed by atoms with Gasteiger partial charge in [0.05, 0.1) is 6.04 Å².